The third-order valence-corrected chi connectivity index (χ3v) is 8.63. The Labute approximate surface area is 297 Å². The van der Waals surface area contributed by atoms with Crippen molar-refractivity contribution < 1.29 is 23.5 Å². The largest absolute Gasteiger partial charge is 0.487 e. The first-order chi connectivity index (χ1) is 24.0. The molecule has 1 aliphatic heterocycles. The van der Waals surface area contributed by atoms with E-state index in [1.54, 1.807) is 30.3 Å². The molecular formula is C39H45FN6O5. The molecule has 0 unspecified atom stereocenters. The number of rotatable bonds is 12. The smallest absolute Gasteiger partial charge is 0.302 e. The van der Waals surface area contributed by atoms with E-state index in [1.807, 2.05) is 45.0 Å². The number of nitrogens with one attached hydrogen (secondary N) is 3. The summed E-state index contributed by atoms with van der Waals surface area (Å²) in [6.45, 7) is 13.9. The fraction of sp³-hybridized carbons (Fsp3) is 0.359. The zero-order valence-electron chi connectivity index (χ0n) is 30.1. The van der Waals surface area contributed by atoms with Crippen LogP contribution < -0.4 is 20.9 Å². The number of esters is 1. The fourth-order valence-corrected chi connectivity index (χ4v) is 5.89. The summed E-state index contributed by atoms with van der Waals surface area (Å²) >= 11 is 0. The number of likely N-dealkylation sites (tertiary alicyclic amines) is 1. The number of anilines is 3. The van der Waals surface area contributed by atoms with Gasteiger partial charge in [-0.15, -0.1) is 0 Å². The van der Waals surface area contributed by atoms with Crippen molar-refractivity contribution in [2.24, 2.45) is 7.05 Å². The number of halogens is 1. The normalized spacial score (nSPS) is 13.3. The Bertz CT molecular complexity index is 2010. The summed E-state index contributed by atoms with van der Waals surface area (Å²) in [4.78, 5) is 41.1. The summed E-state index contributed by atoms with van der Waals surface area (Å²) in [7, 11) is 1.52. The van der Waals surface area contributed by atoms with Crippen molar-refractivity contribution in [3.8, 4) is 17.0 Å². The molecule has 5 rings (SSSR count). The van der Waals surface area contributed by atoms with Crippen molar-refractivity contribution in [3.05, 3.63) is 99.1 Å². The topological polar surface area (TPSA) is 139 Å². The van der Waals surface area contributed by atoms with Gasteiger partial charge in [0.2, 0.25) is 0 Å². The number of hydrogen-bond acceptors (Lipinski definition) is 9. The fourth-order valence-electron chi connectivity index (χ4n) is 5.89. The lowest BCUT2D eigenvalue weighted by atomic mass is 9.85. The van der Waals surface area contributed by atoms with Crippen molar-refractivity contribution in [1.82, 2.24) is 14.7 Å². The molecule has 0 bridgehead atoms. The maximum Gasteiger partial charge on any atom is 0.302 e. The zero-order chi connectivity index (χ0) is 37.1. The van der Waals surface area contributed by atoms with Gasteiger partial charge in [-0.2, -0.15) is 5.10 Å². The zero-order valence-corrected chi connectivity index (χ0v) is 30.1. The molecule has 0 saturated carbocycles. The second kappa shape index (κ2) is 14.9. The lowest BCUT2D eigenvalue weighted by molar-refractivity contribution is -0.142. The average Bonchev–Trinajstić information content (AvgIpc) is 3.04. The third-order valence-electron chi connectivity index (χ3n) is 8.63. The Morgan fingerprint density at radius 3 is 2.33 bits per heavy atom. The molecule has 3 N–H and O–H groups in total. The van der Waals surface area contributed by atoms with Gasteiger partial charge in [-0.1, -0.05) is 32.9 Å². The van der Waals surface area contributed by atoms with Crippen LogP contribution in [0.1, 0.15) is 75.0 Å². The van der Waals surface area contributed by atoms with Gasteiger partial charge < -0.3 is 25.5 Å². The molecule has 0 spiro atoms. The molecule has 1 aliphatic rings. The molecule has 12 heteroatoms. The van der Waals surface area contributed by atoms with E-state index in [1.165, 1.54) is 31.1 Å². The molecule has 11 nitrogen and oxygen atoms in total. The second-order valence-electron chi connectivity index (χ2n) is 14.4. The molecule has 51 heavy (non-hydrogen) atoms. The molecule has 1 saturated heterocycles. The molecule has 1 fully saturated rings. The van der Waals surface area contributed by atoms with Crippen molar-refractivity contribution >= 4 is 35.2 Å². The number of amides is 1. The predicted octanol–water partition coefficient (Wildman–Crippen LogP) is 6.80. The summed E-state index contributed by atoms with van der Waals surface area (Å²) < 4.78 is 28.3. The van der Waals surface area contributed by atoms with Gasteiger partial charge in [0, 0.05) is 54.8 Å². The van der Waals surface area contributed by atoms with Gasteiger partial charge in [-0.05, 0) is 92.9 Å². The van der Waals surface area contributed by atoms with Crippen molar-refractivity contribution in [2.75, 3.05) is 30.3 Å². The number of carbonyl (C=O) groups is 2. The van der Waals surface area contributed by atoms with Gasteiger partial charge in [0.1, 0.15) is 29.5 Å². The molecule has 1 aromatic heterocycles. The van der Waals surface area contributed by atoms with Crippen LogP contribution in [0.2, 0.25) is 0 Å². The van der Waals surface area contributed by atoms with Gasteiger partial charge in [-0.25, -0.2) is 9.07 Å². The predicted molar refractivity (Wildman–Crippen MR) is 197 cm³/mol. The first-order valence-electron chi connectivity index (χ1n) is 16.8. The highest BCUT2D eigenvalue weighted by Gasteiger charge is 2.27. The first kappa shape index (κ1) is 36.9. The lowest BCUT2D eigenvalue weighted by Gasteiger charge is -2.38. The third kappa shape index (κ3) is 8.87. The van der Waals surface area contributed by atoms with E-state index in [2.05, 4.69) is 34.5 Å². The number of nitrogens with zero attached hydrogens (tertiary/aromatic N) is 3. The van der Waals surface area contributed by atoms with E-state index >= 15 is 4.39 Å². The number of aromatic nitrogens is 2. The van der Waals surface area contributed by atoms with Crippen LogP contribution in [0.3, 0.4) is 0 Å². The van der Waals surface area contributed by atoms with Crippen molar-refractivity contribution in [3.63, 3.8) is 0 Å². The SMILES string of the molecule is CC(=O)OCc1c(NC(=O)c2c(F)cc(C(C)(C)C)cc2C=N)cccc1-c1cc(Nc2ccc(OC(C)(C)CN3CCC3)cc2)c(=O)n(C)n1. The van der Waals surface area contributed by atoms with E-state index in [9.17, 15) is 14.4 Å². The number of hydrogen-bond donors (Lipinski definition) is 3. The highest BCUT2D eigenvalue weighted by molar-refractivity contribution is 6.10. The van der Waals surface area contributed by atoms with Crippen molar-refractivity contribution in [1.29, 1.82) is 5.41 Å². The standard InChI is InChI=1S/C39H45FN6O5/c1-24(47)50-22-30-29(10-8-11-32(30)43-36(48)35-25(21-41)18-26(19-31(35)40)38(2,3)4)33-20-34(37(49)45(7)44-33)42-27-12-14-28(15-13-27)51-39(5,6)23-46-16-9-17-46/h8,10-15,18-21,41-42H,9,16-17,22-23H2,1-7H3,(H,43,48). The summed E-state index contributed by atoms with van der Waals surface area (Å²) in [6, 6.07) is 16.8. The van der Waals surface area contributed by atoms with Gasteiger partial charge in [0.05, 0.1) is 11.3 Å². The quantitative estimate of drug-likeness (QED) is 0.109. The van der Waals surface area contributed by atoms with Crippen LogP contribution in [0.4, 0.5) is 21.5 Å². The summed E-state index contributed by atoms with van der Waals surface area (Å²) in [5.74, 6) is -1.38. The highest BCUT2D eigenvalue weighted by atomic mass is 19.1. The monoisotopic (exact) mass is 696 g/mol. The van der Waals surface area contributed by atoms with Crippen LogP contribution in [0.5, 0.6) is 5.75 Å². The lowest BCUT2D eigenvalue weighted by Crippen LogP contribution is -2.48. The Kier molecular flexibility index (Phi) is 10.8. The van der Waals surface area contributed by atoms with E-state index in [0.717, 1.165) is 25.8 Å². The molecular weight excluding hydrogens is 651 g/mol. The molecule has 268 valence electrons. The van der Waals surface area contributed by atoms with Crippen molar-refractivity contribution in [2.45, 2.75) is 65.6 Å². The minimum absolute atomic E-state index is 0.125. The molecule has 3 aromatic carbocycles. The number of ether oxygens (including phenoxy) is 2. The molecule has 1 amide bonds. The average molecular weight is 697 g/mol. The highest BCUT2D eigenvalue weighted by Crippen LogP contribution is 2.32. The maximum absolute atomic E-state index is 15.4. The van der Waals surface area contributed by atoms with E-state index < -0.39 is 23.1 Å². The van der Waals surface area contributed by atoms with Gasteiger partial charge >= 0.3 is 5.97 Å². The molecule has 2 heterocycles. The van der Waals surface area contributed by atoms with E-state index in [0.29, 0.717) is 33.8 Å². The minimum Gasteiger partial charge on any atom is -0.487 e. The minimum atomic E-state index is -0.778. The molecule has 0 radical (unpaired) electrons. The van der Waals surface area contributed by atoms with Crippen LogP contribution in [-0.2, 0) is 28.6 Å². The van der Waals surface area contributed by atoms with E-state index in [-0.39, 0.29) is 40.3 Å². The summed E-state index contributed by atoms with van der Waals surface area (Å²) in [6.07, 6.45) is 2.16. The van der Waals surface area contributed by atoms with Gasteiger partial charge in [0.25, 0.3) is 11.5 Å². The number of carbonyl (C=O) groups excluding carboxylic acids is 2. The summed E-state index contributed by atoms with van der Waals surface area (Å²) in [5, 5.41) is 18.3. The Morgan fingerprint density at radius 2 is 1.73 bits per heavy atom. The van der Waals surface area contributed by atoms with Crippen LogP contribution >= 0.6 is 0 Å². The Hall–Kier alpha value is -5.36. The van der Waals surface area contributed by atoms with Gasteiger partial charge in [-0.3, -0.25) is 19.3 Å². The Morgan fingerprint density at radius 1 is 1.02 bits per heavy atom. The van der Waals surface area contributed by atoms with Gasteiger partial charge in [0.15, 0.2) is 0 Å². The number of benzene rings is 3. The molecule has 4 aromatic rings. The van der Waals surface area contributed by atoms with Crippen LogP contribution in [-0.4, -0.2) is 58.0 Å². The van der Waals surface area contributed by atoms with Crippen LogP contribution in [0.25, 0.3) is 11.3 Å². The number of aryl methyl sites for hydroxylation is 1. The summed E-state index contributed by atoms with van der Waals surface area (Å²) in [5.41, 5.74) is 1.66. The first-order valence-corrected chi connectivity index (χ1v) is 16.8. The molecule has 0 aliphatic carbocycles. The molecule has 0 atom stereocenters. The Balaban J connectivity index is 1.45. The van der Waals surface area contributed by atoms with Crippen LogP contribution in [0, 0.1) is 11.2 Å². The maximum atomic E-state index is 15.4. The second-order valence-corrected chi connectivity index (χ2v) is 14.4. The van der Waals surface area contributed by atoms with E-state index in [4.69, 9.17) is 14.9 Å². The van der Waals surface area contributed by atoms with Crippen LogP contribution in [0.15, 0.2) is 65.5 Å².